The molecule has 1 saturated heterocycles. The lowest BCUT2D eigenvalue weighted by Crippen LogP contribution is -2.46. The van der Waals surface area contributed by atoms with Crippen molar-refractivity contribution in [3.05, 3.63) is 29.8 Å². The maximum Gasteiger partial charge on any atom is 0.237 e. The normalized spacial score (nSPS) is 19.6. The molecule has 0 radical (unpaired) electrons. The van der Waals surface area contributed by atoms with E-state index < -0.39 is 23.5 Å². The molecule has 0 aliphatic carbocycles. The van der Waals surface area contributed by atoms with Gasteiger partial charge in [-0.2, -0.15) is 0 Å². The molecule has 1 aromatic rings. The van der Waals surface area contributed by atoms with Gasteiger partial charge in [0.15, 0.2) is 0 Å². The SMILES string of the molecule is CC(C)C(=O)C1CCCN(c2c(F)cccc2F)C1=O. The van der Waals surface area contributed by atoms with E-state index in [2.05, 4.69) is 0 Å². The minimum absolute atomic E-state index is 0.170. The Morgan fingerprint density at radius 1 is 1.30 bits per heavy atom. The number of ketones is 1. The summed E-state index contributed by atoms with van der Waals surface area (Å²) in [4.78, 5) is 25.4. The molecule has 1 aliphatic heterocycles. The summed E-state index contributed by atoms with van der Waals surface area (Å²) >= 11 is 0. The molecular weight excluding hydrogens is 264 g/mol. The van der Waals surface area contributed by atoms with E-state index in [0.29, 0.717) is 12.8 Å². The molecule has 1 amide bonds. The first-order chi connectivity index (χ1) is 9.43. The fraction of sp³-hybridized carbons (Fsp3) is 0.467. The maximum atomic E-state index is 13.8. The number of amides is 1. The molecule has 0 aromatic heterocycles. The molecule has 1 fully saturated rings. The molecule has 1 aromatic carbocycles. The van der Waals surface area contributed by atoms with Crippen LogP contribution >= 0.6 is 0 Å². The third kappa shape index (κ3) is 2.57. The Kier molecular flexibility index (Phi) is 4.16. The van der Waals surface area contributed by atoms with E-state index in [-0.39, 0.29) is 23.9 Å². The molecule has 1 atom stereocenters. The van der Waals surface area contributed by atoms with Gasteiger partial charge in [-0.15, -0.1) is 0 Å². The minimum atomic E-state index is -0.789. The number of rotatable bonds is 3. The Labute approximate surface area is 116 Å². The number of Topliss-reactive ketones (excluding diaryl/α,β-unsaturated/α-hetero) is 1. The van der Waals surface area contributed by atoms with E-state index >= 15 is 0 Å². The number of para-hydroxylation sites is 1. The first-order valence-corrected chi connectivity index (χ1v) is 6.72. The van der Waals surface area contributed by atoms with Gasteiger partial charge in [-0.05, 0) is 25.0 Å². The van der Waals surface area contributed by atoms with Crippen LogP contribution in [0.1, 0.15) is 26.7 Å². The Hall–Kier alpha value is -1.78. The van der Waals surface area contributed by atoms with E-state index in [9.17, 15) is 18.4 Å². The maximum absolute atomic E-state index is 13.8. The largest absolute Gasteiger partial charge is 0.307 e. The molecule has 0 spiro atoms. The van der Waals surface area contributed by atoms with Crippen LogP contribution in [0.15, 0.2) is 18.2 Å². The molecule has 1 unspecified atom stereocenters. The van der Waals surface area contributed by atoms with Crippen molar-refractivity contribution < 1.29 is 18.4 Å². The summed E-state index contributed by atoms with van der Waals surface area (Å²) in [5.41, 5.74) is -0.348. The molecule has 2 rings (SSSR count). The third-order valence-corrected chi connectivity index (χ3v) is 3.56. The monoisotopic (exact) mass is 281 g/mol. The zero-order valence-electron chi connectivity index (χ0n) is 11.5. The predicted molar refractivity (Wildman–Crippen MR) is 71.3 cm³/mol. The Balaban J connectivity index is 2.34. The fourth-order valence-corrected chi connectivity index (χ4v) is 2.51. The Morgan fingerprint density at radius 3 is 2.45 bits per heavy atom. The number of piperidine rings is 1. The number of anilines is 1. The van der Waals surface area contributed by atoms with Gasteiger partial charge >= 0.3 is 0 Å². The molecule has 0 saturated carbocycles. The zero-order chi connectivity index (χ0) is 14.9. The van der Waals surface area contributed by atoms with Gasteiger partial charge in [-0.25, -0.2) is 8.78 Å². The van der Waals surface area contributed by atoms with Crippen molar-refractivity contribution >= 4 is 17.4 Å². The number of hydrogen-bond acceptors (Lipinski definition) is 2. The third-order valence-electron chi connectivity index (χ3n) is 3.56. The first-order valence-electron chi connectivity index (χ1n) is 6.72. The van der Waals surface area contributed by atoms with Gasteiger partial charge in [-0.3, -0.25) is 9.59 Å². The quantitative estimate of drug-likeness (QED) is 0.799. The summed E-state index contributed by atoms with van der Waals surface area (Å²) in [6.45, 7) is 3.68. The van der Waals surface area contributed by atoms with Crippen LogP contribution in [0.25, 0.3) is 0 Å². The van der Waals surface area contributed by atoms with Crippen molar-refractivity contribution in [1.29, 1.82) is 0 Å². The summed E-state index contributed by atoms with van der Waals surface area (Å²) in [6.07, 6.45) is 1.01. The second-order valence-electron chi connectivity index (χ2n) is 5.31. The summed E-state index contributed by atoms with van der Waals surface area (Å²) in [5, 5.41) is 0. The van der Waals surface area contributed by atoms with Crippen molar-refractivity contribution in [2.24, 2.45) is 11.8 Å². The van der Waals surface area contributed by atoms with Crippen LogP contribution in [0.5, 0.6) is 0 Å². The standard InChI is InChI=1S/C15H17F2NO2/c1-9(2)14(19)10-5-4-8-18(15(10)20)13-11(16)6-3-7-12(13)17/h3,6-7,9-10H,4-5,8H2,1-2H3. The fourth-order valence-electron chi connectivity index (χ4n) is 2.51. The molecule has 1 heterocycles. The van der Waals surface area contributed by atoms with E-state index in [1.54, 1.807) is 13.8 Å². The van der Waals surface area contributed by atoms with Crippen molar-refractivity contribution in [2.45, 2.75) is 26.7 Å². The van der Waals surface area contributed by atoms with Crippen LogP contribution in [-0.4, -0.2) is 18.2 Å². The topological polar surface area (TPSA) is 37.4 Å². The summed E-state index contributed by atoms with van der Waals surface area (Å²) < 4.78 is 27.6. The Morgan fingerprint density at radius 2 is 1.90 bits per heavy atom. The highest BCUT2D eigenvalue weighted by molar-refractivity contribution is 6.09. The van der Waals surface area contributed by atoms with Crippen LogP contribution in [0.3, 0.4) is 0 Å². The van der Waals surface area contributed by atoms with Gasteiger partial charge in [0.2, 0.25) is 5.91 Å². The van der Waals surface area contributed by atoms with Gasteiger partial charge < -0.3 is 4.90 Å². The van der Waals surface area contributed by atoms with Crippen LogP contribution in [0.4, 0.5) is 14.5 Å². The molecule has 1 aliphatic rings. The summed E-state index contributed by atoms with van der Waals surface area (Å²) in [7, 11) is 0. The lowest BCUT2D eigenvalue weighted by Gasteiger charge is -2.32. The highest BCUT2D eigenvalue weighted by atomic mass is 19.1. The number of carbonyl (C=O) groups excluding carboxylic acids is 2. The average Bonchev–Trinajstić information content (AvgIpc) is 2.39. The van der Waals surface area contributed by atoms with Crippen LogP contribution in [-0.2, 0) is 9.59 Å². The van der Waals surface area contributed by atoms with Gasteiger partial charge in [0.25, 0.3) is 0 Å². The van der Waals surface area contributed by atoms with Crippen LogP contribution < -0.4 is 4.90 Å². The number of hydrogen-bond donors (Lipinski definition) is 0. The molecule has 108 valence electrons. The van der Waals surface area contributed by atoms with Gasteiger partial charge in [0.05, 0.1) is 5.92 Å². The van der Waals surface area contributed by atoms with E-state index in [1.807, 2.05) is 0 Å². The molecule has 0 bridgehead atoms. The van der Waals surface area contributed by atoms with Crippen LogP contribution in [0, 0.1) is 23.5 Å². The molecule has 3 nitrogen and oxygen atoms in total. The van der Waals surface area contributed by atoms with Gasteiger partial charge in [-0.1, -0.05) is 19.9 Å². The number of carbonyl (C=O) groups is 2. The second-order valence-corrected chi connectivity index (χ2v) is 5.31. The number of halogens is 2. The highest BCUT2D eigenvalue weighted by Gasteiger charge is 2.37. The Bertz CT molecular complexity index is 522. The average molecular weight is 281 g/mol. The minimum Gasteiger partial charge on any atom is -0.307 e. The van der Waals surface area contributed by atoms with Crippen LogP contribution in [0.2, 0.25) is 0 Å². The second kappa shape index (κ2) is 5.69. The van der Waals surface area contributed by atoms with Crippen molar-refractivity contribution in [2.75, 3.05) is 11.4 Å². The van der Waals surface area contributed by atoms with E-state index in [1.165, 1.54) is 6.07 Å². The van der Waals surface area contributed by atoms with E-state index in [0.717, 1.165) is 17.0 Å². The smallest absolute Gasteiger partial charge is 0.237 e. The van der Waals surface area contributed by atoms with E-state index in [4.69, 9.17) is 0 Å². The molecule has 5 heteroatoms. The molecule has 0 N–H and O–H groups in total. The predicted octanol–water partition coefficient (Wildman–Crippen LogP) is 2.93. The van der Waals surface area contributed by atoms with Crippen molar-refractivity contribution in [3.63, 3.8) is 0 Å². The van der Waals surface area contributed by atoms with Crippen molar-refractivity contribution in [3.8, 4) is 0 Å². The first kappa shape index (κ1) is 14.6. The molecule has 20 heavy (non-hydrogen) atoms. The number of benzene rings is 1. The summed E-state index contributed by atoms with van der Waals surface area (Å²) in [5.74, 6) is -3.29. The lowest BCUT2D eigenvalue weighted by molar-refractivity contribution is -0.135. The lowest BCUT2D eigenvalue weighted by atomic mass is 9.87. The summed E-state index contributed by atoms with van der Waals surface area (Å²) in [6, 6.07) is 3.47. The zero-order valence-corrected chi connectivity index (χ0v) is 11.5. The highest BCUT2D eigenvalue weighted by Crippen LogP contribution is 2.30. The van der Waals surface area contributed by atoms with Crippen molar-refractivity contribution in [1.82, 2.24) is 0 Å². The molecular formula is C15H17F2NO2. The van der Waals surface area contributed by atoms with Gasteiger partial charge in [0.1, 0.15) is 23.1 Å². The number of nitrogens with zero attached hydrogens (tertiary/aromatic N) is 1. The van der Waals surface area contributed by atoms with Gasteiger partial charge in [0, 0.05) is 12.5 Å².